The van der Waals surface area contributed by atoms with Crippen molar-refractivity contribution >= 4 is 35.8 Å². The largest absolute Gasteiger partial charge is 0.496 e. The molecule has 1 aromatic heterocycles. The number of aryl methyl sites for hydroxylation is 2. The molecule has 4 rings (SSSR count). The summed E-state index contributed by atoms with van der Waals surface area (Å²) in [6.45, 7) is 7.98. The number of fused-ring (bicyclic) bond motifs is 1. The predicted molar refractivity (Wildman–Crippen MR) is 116 cm³/mol. The minimum atomic E-state index is -0.591. The number of halogens is 1. The predicted octanol–water partition coefficient (Wildman–Crippen LogP) is 4.17. The SMILES string of the molecule is CC1(C)OB(c2cccc(NC(=O)c3cc4c(cn3)CCCC4)c2Cl)OC1(C)C. The first kappa shape index (κ1) is 20.4. The van der Waals surface area contributed by atoms with Gasteiger partial charge in [0.1, 0.15) is 5.69 Å². The Morgan fingerprint density at radius 3 is 2.45 bits per heavy atom. The highest BCUT2D eigenvalue weighted by molar-refractivity contribution is 6.66. The molecular weight excluding hydrogens is 387 g/mol. The van der Waals surface area contributed by atoms with Gasteiger partial charge in [-0.3, -0.25) is 9.78 Å². The van der Waals surface area contributed by atoms with Crippen LogP contribution in [0.2, 0.25) is 5.02 Å². The number of hydrogen-bond acceptors (Lipinski definition) is 4. The Bertz CT molecular complexity index is 945. The number of benzene rings is 1. The van der Waals surface area contributed by atoms with Gasteiger partial charge in [0.15, 0.2) is 0 Å². The summed E-state index contributed by atoms with van der Waals surface area (Å²) >= 11 is 6.63. The van der Waals surface area contributed by atoms with Gasteiger partial charge in [-0.1, -0.05) is 23.7 Å². The number of carbonyl (C=O) groups excluding carboxylic acids is 1. The van der Waals surface area contributed by atoms with Crippen molar-refractivity contribution in [2.45, 2.75) is 64.6 Å². The molecule has 1 amide bonds. The summed E-state index contributed by atoms with van der Waals surface area (Å²) in [5.74, 6) is -0.272. The number of pyridine rings is 1. The van der Waals surface area contributed by atoms with E-state index in [-0.39, 0.29) is 5.91 Å². The van der Waals surface area contributed by atoms with Gasteiger partial charge >= 0.3 is 7.12 Å². The molecule has 0 unspecified atom stereocenters. The van der Waals surface area contributed by atoms with E-state index < -0.39 is 18.3 Å². The van der Waals surface area contributed by atoms with E-state index in [2.05, 4.69) is 10.3 Å². The van der Waals surface area contributed by atoms with E-state index in [1.165, 1.54) is 17.5 Å². The van der Waals surface area contributed by atoms with Crippen LogP contribution in [0, 0.1) is 0 Å². The first-order chi connectivity index (χ1) is 13.7. The first-order valence-corrected chi connectivity index (χ1v) is 10.5. The lowest BCUT2D eigenvalue weighted by Crippen LogP contribution is -2.41. The van der Waals surface area contributed by atoms with Crippen LogP contribution >= 0.6 is 11.6 Å². The van der Waals surface area contributed by atoms with Crippen molar-refractivity contribution in [3.63, 3.8) is 0 Å². The molecule has 2 heterocycles. The highest BCUT2D eigenvalue weighted by atomic mass is 35.5. The molecule has 1 aromatic carbocycles. The van der Waals surface area contributed by atoms with Crippen LogP contribution in [0.15, 0.2) is 30.5 Å². The number of anilines is 1. The molecule has 152 valence electrons. The highest BCUT2D eigenvalue weighted by Gasteiger charge is 2.52. The zero-order chi connectivity index (χ0) is 20.8. The quantitative estimate of drug-likeness (QED) is 0.769. The average Bonchev–Trinajstić information content (AvgIpc) is 2.90. The normalized spacial score (nSPS) is 19.7. The van der Waals surface area contributed by atoms with E-state index in [9.17, 15) is 4.79 Å². The van der Waals surface area contributed by atoms with Crippen LogP contribution in [0.5, 0.6) is 0 Å². The molecule has 1 aliphatic heterocycles. The third kappa shape index (κ3) is 3.81. The second-order valence-corrected chi connectivity index (χ2v) is 9.17. The molecule has 1 N–H and O–H groups in total. The molecule has 29 heavy (non-hydrogen) atoms. The van der Waals surface area contributed by atoms with Gasteiger partial charge in [0.05, 0.1) is 21.9 Å². The summed E-state index contributed by atoms with van der Waals surface area (Å²) in [5.41, 5.74) is 3.15. The van der Waals surface area contributed by atoms with Crippen LogP contribution < -0.4 is 10.8 Å². The maximum Gasteiger partial charge on any atom is 0.496 e. The maximum atomic E-state index is 12.8. The third-order valence-corrected chi connectivity index (χ3v) is 6.66. The molecule has 7 heteroatoms. The first-order valence-electron chi connectivity index (χ1n) is 10.1. The Hall–Kier alpha value is -1.89. The van der Waals surface area contributed by atoms with Crippen LogP contribution in [0.3, 0.4) is 0 Å². The van der Waals surface area contributed by atoms with E-state index in [1.807, 2.05) is 52.1 Å². The Labute approximate surface area is 177 Å². The molecule has 1 saturated heterocycles. The lowest BCUT2D eigenvalue weighted by atomic mass is 9.79. The van der Waals surface area contributed by atoms with Gasteiger partial charge in [-0.25, -0.2) is 0 Å². The van der Waals surface area contributed by atoms with Crippen molar-refractivity contribution in [3.05, 3.63) is 52.3 Å². The summed E-state index contributed by atoms with van der Waals surface area (Å²) in [6, 6.07) is 7.36. The highest BCUT2D eigenvalue weighted by Crippen LogP contribution is 2.37. The van der Waals surface area contributed by atoms with Crippen LogP contribution in [-0.4, -0.2) is 29.2 Å². The fourth-order valence-corrected chi connectivity index (χ4v) is 3.99. The van der Waals surface area contributed by atoms with Gasteiger partial charge in [-0.05, 0) is 76.6 Å². The summed E-state index contributed by atoms with van der Waals surface area (Å²) < 4.78 is 12.2. The molecule has 5 nitrogen and oxygen atoms in total. The number of nitrogens with zero attached hydrogens (tertiary/aromatic N) is 1. The number of carbonyl (C=O) groups is 1. The summed E-state index contributed by atoms with van der Waals surface area (Å²) in [7, 11) is -0.591. The lowest BCUT2D eigenvalue weighted by molar-refractivity contribution is 0.00578. The van der Waals surface area contributed by atoms with Gasteiger partial charge in [0, 0.05) is 11.7 Å². The van der Waals surface area contributed by atoms with Gasteiger partial charge < -0.3 is 14.6 Å². The Morgan fingerprint density at radius 2 is 1.76 bits per heavy atom. The summed E-state index contributed by atoms with van der Waals surface area (Å²) in [5, 5.41) is 3.31. The number of rotatable bonds is 3. The second-order valence-electron chi connectivity index (χ2n) is 8.80. The summed E-state index contributed by atoms with van der Waals surface area (Å²) in [4.78, 5) is 17.1. The van der Waals surface area contributed by atoms with Crippen molar-refractivity contribution in [1.29, 1.82) is 0 Å². The number of aromatic nitrogens is 1. The van der Waals surface area contributed by atoms with Crippen LogP contribution in [0.4, 0.5) is 5.69 Å². The zero-order valence-corrected chi connectivity index (χ0v) is 18.1. The van der Waals surface area contributed by atoms with Gasteiger partial charge in [-0.15, -0.1) is 0 Å². The minimum Gasteiger partial charge on any atom is -0.399 e. The van der Waals surface area contributed by atoms with Crippen molar-refractivity contribution < 1.29 is 14.1 Å². The molecule has 0 bridgehead atoms. The molecule has 1 aliphatic carbocycles. The smallest absolute Gasteiger partial charge is 0.399 e. The van der Waals surface area contributed by atoms with E-state index in [1.54, 1.807) is 6.07 Å². The molecular formula is C22H26BClN2O3. The van der Waals surface area contributed by atoms with Crippen LogP contribution in [-0.2, 0) is 22.2 Å². The van der Waals surface area contributed by atoms with Crippen LogP contribution in [0.25, 0.3) is 0 Å². The van der Waals surface area contributed by atoms with Crippen molar-refractivity contribution in [3.8, 4) is 0 Å². The lowest BCUT2D eigenvalue weighted by Gasteiger charge is -2.32. The molecule has 0 radical (unpaired) electrons. The summed E-state index contributed by atoms with van der Waals surface area (Å²) in [6.07, 6.45) is 6.19. The Kier molecular flexibility index (Phi) is 5.22. The minimum absolute atomic E-state index is 0.272. The topological polar surface area (TPSA) is 60.5 Å². The molecule has 0 spiro atoms. The van der Waals surface area contributed by atoms with E-state index in [0.29, 0.717) is 21.9 Å². The fraction of sp³-hybridized carbons (Fsp3) is 0.455. The standard InChI is InChI=1S/C22H26BClN2O3/c1-21(2)22(3,4)29-23(28-21)16-10-7-11-17(19(16)24)26-20(27)18-12-14-8-5-6-9-15(14)13-25-18/h7,10-13H,5-6,8-9H2,1-4H3,(H,26,27). The Morgan fingerprint density at radius 1 is 1.10 bits per heavy atom. The van der Waals surface area contributed by atoms with Gasteiger partial charge in [-0.2, -0.15) is 0 Å². The number of amides is 1. The van der Waals surface area contributed by atoms with Crippen molar-refractivity contribution in [1.82, 2.24) is 4.98 Å². The van der Waals surface area contributed by atoms with E-state index in [4.69, 9.17) is 20.9 Å². The zero-order valence-electron chi connectivity index (χ0n) is 17.3. The number of nitrogens with one attached hydrogen (secondary N) is 1. The monoisotopic (exact) mass is 412 g/mol. The van der Waals surface area contributed by atoms with Crippen LogP contribution in [0.1, 0.15) is 62.2 Å². The fourth-order valence-electron chi connectivity index (χ4n) is 3.72. The maximum absolute atomic E-state index is 12.8. The average molecular weight is 413 g/mol. The molecule has 2 aromatic rings. The molecule has 2 aliphatic rings. The van der Waals surface area contributed by atoms with Gasteiger partial charge in [0.25, 0.3) is 5.91 Å². The van der Waals surface area contributed by atoms with Crippen molar-refractivity contribution in [2.75, 3.05) is 5.32 Å². The molecule has 1 fully saturated rings. The van der Waals surface area contributed by atoms with E-state index in [0.717, 1.165) is 19.3 Å². The van der Waals surface area contributed by atoms with E-state index >= 15 is 0 Å². The number of hydrogen-bond donors (Lipinski definition) is 1. The van der Waals surface area contributed by atoms with Gasteiger partial charge in [0.2, 0.25) is 0 Å². The third-order valence-electron chi connectivity index (χ3n) is 6.24. The molecule has 0 atom stereocenters. The Balaban J connectivity index is 1.56. The second kappa shape index (κ2) is 7.42. The molecule has 0 saturated carbocycles. The van der Waals surface area contributed by atoms with Crippen molar-refractivity contribution in [2.24, 2.45) is 0 Å².